The summed E-state index contributed by atoms with van der Waals surface area (Å²) >= 11 is 0. The summed E-state index contributed by atoms with van der Waals surface area (Å²) in [6.45, 7) is 9.33. The number of hydrogen-bond donors (Lipinski definition) is 0. The maximum absolute atomic E-state index is 12.3. The Labute approximate surface area is 107 Å². The molecule has 1 aliphatic rings. The van der Waals surface area contributed by atoms with Gasteiger partial charge < -0.3 is 0 Å². The van der Waals surface area contributed by atoms with Crippen LogP contribution in [0, 0.1) is 6.92 Å². The number of amides is 2. The summed E-state index contributed by atoms with van der Waals surface area (Å²) in [6.07, 6.45) is 2.36. The van der Waals surface area contributed by atoms with Gasteiger partial charge in [0, 0.05) is 6.04 Å². The first-order chi connectivity index (χ1) is 8.47. The molecule has 18 heavy (non-hydrogen) atoms. The average molecular weight is 243 g/mol. The molecule has 0 spiro atoms. The van der Waals surface area contributed by atoms with Gasteiger partial charge in [0.2, 0.25) is 0 Å². The third-order valence-corrected chi connectivity index (χ3v) is 3.13. The van der Waals surface area contributed by atoms with Crippen molar-refractivity contribution in [2.45, 2.75) is 33.2 Å². The number of imide groups is 1. The van der Waals surface area contributed by atoms with Crippen LogP contribution in [0.5, 0.6) is 0 Å². The van der Waals surface area contributed by atoms with Gasteiger partial charge in [0.15, 0.2) is 0 Å². The molecule has 1 heterocycles. The maximum Gasteiger partial charge on any atom is 0.262 e. The summed E-state index contributed by atoms with van der Waals surface area (Å²) in [4.78, 5) is 25.9. The zero-order valence-corrected chi connectivity index (χ0v) is 11.0. The highest BCUT2D eigenvalue weighted by Crippen LogP contribution is 2.29. The molecule has 3 nitrogen and oxygen atoms in total. The molecule has 0 fully saturated rings. The van der Waals surface area contributed by atoms with E-state index in [9.17, 15) is 9.59 Å². The summed E-state index contributed by atoms with van der Waals surface area (Å²) in [5.74, 6) is -0.360. The van der Waals surface area contributed by atoms with Crippen molar-refractivity contribution in [1.29, 1.82) is 0 Å². The molecule has 0 saturated carbocycles. The van der Waals surface area contributed by atoms with Crippen LogP contribution in [0.25, 0.3) is 0 Å². The molecule has 2 amide bonds. The van der Waals surface area contributed by atoms with Crippen LogP contribution < -0.4 is 0 Å². The number of carbonyl (C=O) groups is 2. The lowest BCUT2D eigenvalue weighted by atomic mass is 9.97. The van der Waals surface area contributed by atoms with Crippen LogP contribution in [0.15, 0.2) is 24.8 Å². The van der Waals surface area contributed by atoms with E-state index in [0.29, 0.717) is 17.5 Å². The van der Waals surface area contributed by atoms with Crippen molar-refractivity contribution in [3.8, 4) is 0 Å². The smallest absolute Gasteiger partial charge is 0.262 e. The highest BCUT2D eigenvalue weighted by Gasteiger charge is 2.38. The second-order valence-corrected chi connectivity index (χ2v) is 4.91. The second-order valence-electron chi connectivity index (χ2n) is 4.91. The number of carbonyl (C=O) groups excluding carboxylic acids is 2. The summed E-state index contributed by atoms with van der Waals surface area (Å²) in [5, 5.41) is 0. The van der Waals surface area contributed by atoms with Crippen LogP contribution in [-0.2, 0) is 6.42 Å². The third kappa shape index (κ3) is 1.76. The van der Waals surface area contributed by atoms with E-state index in [4.69, 9.17) is 0 Å². The van der Waals surface area contributed by atoms with Crippen molar-refractivity contribution in [3.63, 3.8) is 0 Å². The Morgan fingerprint density at radius 2 is 1.94 bits per heavy atom. The minimum atomic E-state index is -0.181. The van der Waals surface area contributed by atoms with Crippen LogP contribution in [0.4, 0.5) is 0 Å². The van der Waals surface area contributed by atoms with Gasteiger partial charge in [0.05, 0.1) is 11.1 Å². The first-order valence-electron chi connectivity index (χ1n) is 6.09. The van der Waals surface area contributed by atoms with E-state index in [2.05, 4.69) is 6.58 Å². The minimum Gasteiger partial charge on any atom is -0.272 e. The number of nitrogens with zero attached hydrogens (tertiary/aromatic N) is 1. The molecule has 3 heteroatoms. The Kier molecular flexibility index (Phi) is 3.07. The van der Waals surface area contributed by atoms with E-state index in [1.165, 1.54) is 4.90 Å². The molecule has 0 unspecified atom stereocenters. The SMILES string of the molecule is C=CCc1cc(C)cc2c1C(=O)N(C(C)C)C2=O. The molecule has 0 aromatic heterocycles. The maximum atomic E-state index is 12.3. The lowest BCUT2D eigenvalue weighted by molar-refractivity contribution is 0.0609. The van der Waals surface area contributed by atoms with Crippen molar-refractivity contribution < 1.29 is 9.59 Å². The van der Waals surface area contributed by atoms with Crippen LogP contribution in [0.1, 0.15) is 45.7 Å². The topological polar surface area (TPSA) is 37.4 Å². The Balaban J connectivity index is 2.63. The molecule has 0 saturated heterocycles. The van der Waals surface area contributed by atoms with Gasteiger partial charge in [-0.1, -0.05) is 17.7 Å². The molecule has 94 valence electrons. The monoisotopic (exact) mass is 243 g/mol. The molecule has 1 aliphatic heterocycles. The number of benzene rings is 1. The lowest BCUT2D eigenvalue weighted by Crippen LogP contribution is -2.36. The molecule has 0 atom stereocenters. The Morgan fingerprint density at radius 1 is 1.28 bits per heavy atom. The van der Waals surface area contributed by atoms with E-state index >= 15 is 0 Å². The van der Waals surface area contributed by atoms with Gasteiger partial charge in [-0.3, -0.25) is 14.5 Å². The van der Waals surface area contributed by atoms with Gasteiger partial charge in [-0.05, 0) is 38.8 Å². The quantitative estimate of drug-likeness (QED) is 0.604. The van der Waals surface area contributed by atoms with Gasteiger partial charge in [0.25, 0.3) is 11.8 Å². The molecule has 0 N–H and O–H groups in total. The fourth-order valence-electron chi connectivity index (χ4n) is 2.41. The molecule has 1 aromatic rings. The van der Waals surface area contributed by atoms with Gasteiger partial charge in [-0.2, -0.15) is 0 Å². The van der Waals surface area contributed by atoms with Gasteiger partial charge in [-0.15, -0.1) is 6.58 Å². The Hall–Kier alpha value is -1.90. The number of hydrogen-bond acceptors (Lipinski definition) is 2. The fourth-order valence-corrected chi connectivity index (χ4v) is 2.41. The number of fused-ring (bicyclic) bond motifs is 1. The molecule has 2 rings (SSSR count). The van der Waals surface area contributed by atoms with Crippen molar-refractivity contribution >= 4 is 11.8 Å². The number of aryl methyl sites for hydroxylation is 1. The van der Waals surface area contributed by atoms with Crippen molar-refractivity contribution in [2.75, 3.05) is 0 Å². The van der Waals surface area contributed by atoms with Crippen LogP contribution in [0.3, 0.4) is 0 Å². The number of rotatable bonds is 3. The highest BCUT2D eigenvalue weighted by atomic mass is 16.2. The van der Waals surface area contributed by atoms with E-state index < -0.39 is 0 Å². The van der Waals surface area contributed by atoms with Gasteiger partial charge in [0.1, 0.15) is 0 Å². The predicted octanol–water partition coefficient (Wildman–Crippen LogP) is 2.73. The molecular weight excluding hydrogens is 226 g/mol. The van der Waals surface area contributed by atoms with Gasteiger partial charge >= 0.3 is 0 Å². The second kappa shape index (κ2) is 4.41. The van der Waals surface area contributed by atoms with E-state index in [-0.39, 0.29) is 17.9 Å². The van der Waals surface area contributed by atoms with E-state index in [0.717, 1.165) is 11.1 Å². The van der Waals surface area contributed by atoms with Crippen molar-refractivity contribution in [2.24, 2.45) is 0 Å². The molecule has 1 aromatic carbocycles. The predicted molar refractivity (Wildman–Crippen MR) is 70.7 cm³/mol. The molecule has 0 radical (unpaired) electrons. The summed E-state index contributed by atoms with van der Waals surface area (Å²) in [7, 11) is 0. The summed E-state index contributed by atoms with van der Waals surface area (Å²) in [5.41, 5.74) is 2.98. The van der Waals surface area contributed by atoms with Crippen LogP contribution in [0.2, 0.25) is 0 Å². The minimum absolute atomic E-state index is 0.116. The zero-order valence-electron chi connectivity index (χ0n) is 11.0. The molecule has 0 bridgehead atoms. The first kappa shape index (κ1) is 12.6. The largest absolute Gasteiger partial charge is 0.272 e. The van der Waals surface area contributed by atoms with E-state index in [1.54, 1.807) is 12.1 Å². The van der Waals surface area contributed by atoms with Gasteiger partial charge in [-0.25, -0.2) is 0 Å². The third-order valence-electron chi connectivity index (χ3n) is 3.13. The Morgan fingerprint density at radius 3 is 2.50 bits per heavy atom. The van der Waals surface area contributed by atoms with Crippen molar-refractivity contribution in [1.82, 2.24) is 4.90 Å². The number of allylic oxidation sites excluding steroid dienone is 1. The standard InChI is InChI=1S/C15H17NO2/c1-5-6-11-7-10(4)8-12-13(11)15(18)16(9(2)3)14(12)17/h5,7-9H,1,6H2,2-4H3. The highest BCUT2D eigenvalue weighted by molar-refractivity contribution is 6.22. The summed E-state index contributed by atoms with van der Waals surface area (Å²) in [6, 6.07) is 3.63. The van der Waals surface area contributed by atoms with Crippen LogP contribution in [-0.4, -0.2) is 22.8 Å². The first-order valence-corrected chi connectivity index (χ1v) is 6.09. The normalized spacial score (nSPS) is 14.3. The molecular formula is C15H17NO2. The fraction of sp³-hybridized carbons (Fsp3) is 0.333. The zero-order chi connectivity index (χ0) is 13.4. The summed E-state index contributed by atoms with van der Waals surface area (Å²) < 4.78 is 0. The Bertz CT molecular complexity index is 544. The lowest BCUT2D eigenvalue weighted by Gasteiger charge is -2.17. The van der Waals surface area contributed by atoms with Crippen molar-refractivity contribution in [3.05, 3.63) is 47.0 Å². The molecule has 0 aliphatic carbocycles. The average Bonchev–Trinajstić information content (AvgIpc) is 2.51. The van der Waals surface area contributed by atoms with Crippen LogP contribution >= 0.6 is 0 Å². The van der Waals surface area contributed by atoms with E-state index in [1.807, 2.05) is 26.8 Å².